The lowest BCUT2D eigenvalue weighted by molar-refractivity contribution is -0.137. The fourth-order valence-electron chi connectivity index (χ4n) is 2.17. The van der Waals surface area contributed by atoms with Gasteiger partial charge in [-0.1, -0.05) is 30.3 Å². The van der Waals surface area contributed by atoms with Crippen LogP contribution in [-0.4, -0.2) is 5.91 Å². The molecule has 0 spiro atoms. The van der Waals surface area contributed by atoms with E-state index in [1.165, 1.54) is 24.3 Å². The maximum atomic E-state index is 12.9. The predicted molar refractivity (Wildman–Crippen MR) is 78.1 cm³/mol. The van der Waals surface area contributed by atoms with Crippen LogP contribution in [0.3, 0.4) is 0 Å². The molecule has 0 fully saturated rings. The average Bonchev–Trinajstić information content (AvgIpc) is 2.47. The molecule has 0 bridgehead atoms. The van der Waals surface area contributed by atoms with Crippen LogP contribution in [0.5, 0.6) is 0 Å². The van der Waals surface area contributed by atoms with Crippen molar-refractivity contribution in [3.63, 3.8) is 0 Å². The Hall–Kier alpha value is -2.37. The maximum Gasteiger partial charge on any atom is 0.416 e. The number of carbonyl (C=O) groups excluding carboxylic acids is 1. The zero-order valence-corrected chi connectivity index (χ0v) is 12.3. The van der Waals surface area contributed by atoms with Crippen LogP contribution in [0.15, 0.2) is 48.5 Å². The Kier molecular flexibility index (Phi) is 5.03. The van der Waals surface area contributed by atoms with E-state index in [2.05, 4.69) is 5.32 Å². The Morgan fingerprint density at radius 2 is 1.78 bits per heavy atom. The minimum absolute atomic E-state index is 0.157. The highest BCUT2D eigenvalue weighted by atomic mass is 19.4. The number of alkyl halides is 3. The molecule has 1 atom stereocenters. The van der Waals surface area contributed by atoms with Crippen molar-refractivity contribution in [3.05, 3.63) is 71.0 Å². The van der Waals surface area contributed by atoms with Gasteiger partial charge in [0.05, 0.1) is 18.0 Å². The van der Waals surface area contributed by atoms with Gasteiger partial charge in [-0.2, -0.15) is 13.2 Å². The predicted octanol–water partition coefficient (Wildman–Crippen LogP) is 4.26. The quantitative estimate of drug-likeness (QED) is 0.836. The summed E-state index contributed by atoms with van der Waals surface area (Å²) >= 11 is 0. The van der Waals surface area contributed by atoms with Crippen LogP contribution < -0.4 is 5.32 Å². The summed E-state index contributed by atoms with van der Waals surface area (Å²) in [6.07, 6.45) is -4.59. The van der Waals surface area contributed by atoms with Crippen molar-refractivity contribution in [1.82, 2.24) is 5.32 Å². The van der Waals surface area contributed by atoms with Crippen LogP contribution in [0.1, 0.15) is 29.7 Å². The molecule has 2 rings (SSSR count). The highest BCUT2D eigenvalue weighted by molar-refractivity contribution is 5.79. The number of amides is 1. The summed E-state index contributed by atoms with van der Waals surface area (Å²) in [6.45, 7) is 1.72. The summed E-state index contributed by atoms with van der Waals surface area (Å²) in [5.74, 6) is -0.780. The normalized spacial score (nSPS) is 12.7. The van der Waals surface area contributed by atoms with Crippen molar-refractivity contribution in [1.29, 1.82) is 0 Å². The van der Waals surface area contributed by atoms with Gasteiger partial charge in [-0.25, -0.2) is 4.39 Å². The van der Waals surface area contributed by atoms with E-state index in [0.29, 0.717) is 5.56 Å². The minimum atomic E-state index is -4.44. The van der Waals surface area contributed by atoms with Gasteiger partial charge in [0.1, 0.15) is 5.82 Å². The summed E-state index contributed by atoms with van der Waals surface area (Å²) < 4.78 is 50.8. The van der Waals surface area contributed by atoms with Crippen molar-refractivity contribution in [2.24, 2.45) is 0 Å². The third-order valence-electron chi connectivity index (χ3n) is 3.37. The molecule has 0 aliphatic carbocycles. The summed E-state index contributed by atoms with van der Waals surface area (Å²) in [7, 11) is 0. The molecule has 0 heterocycles. The molecule has 0 radical (unpaired) electrons. The first-order valence-electron chi connectivity index (χ1n) is 6.96. The number of hydrogen-bond acceptors (Lipinski definition) is 1. The maximum absolute atomic E-state index is 12.9. The van der Waals surface area contributed by atoms with Gasteiger partial charge in [0.25, 0.3) is 0 Å². The molecule has 1 amide bonds. The Morgan fingerprint density at radius 3 is 2.39 bits per heavy atom. The largest absolute Gasteiger partial charge is 0.416 e. The third-order valence-corrected chi connectivity index (χ3v) is 3.37. The van der Waals surface area contributed by atoms with E-state index >= 15 is 0 Å². The van der Waals surface area contributed by atoms with Gasteiger partial charge in [-0.05, 0) is 36.2 Å². The van der Waals surface area contributed by atoms with Crippen LogP contribution in [-0.2, 0) is 17.4 Å². The molecular formula is C17H15F4NO. The smallest absolute Gasteiger partial charge is 0.349 e. The van der Waals surface area contributed by atoms with E-state index in [0.717, 1.165) is 12.1 Å². The second kappa shape index (κ2) is 6.81. The van der Waals surface area contributed by atoms with Crippen molar-refractivity contribution >= 4 is 5.91 Å². The molecule has 0 saturated carbocycles. The first-order chi connectivity index (χ1) is 10.8. The van der Waals surface area contributed by atoms with Gasteiger partial charge < -0.3 is 5.32 Å². The third kappa shape index (κ3) is 4.81. The molecule has 0 aromatic heterocycles. The number of benzene rings is 2. The Labute approximate surface area is 131 Å². The molecule has 0 aliphatic rings. The molecule has 2 aromatic carbocycles. The summed E-state index contributed by atoms with van der Waals surface area (Å²) in [4.78, 5) is 12.0. The van der Waals surface area contributed by atoms with E-state index in [-0.39, 0.29) is 23.8 Å². The average molecular weight is 325 g/mol. The molecule has 122 valence electrons. The highest BCUT2D eigenvalue weighted by Crippen LogP contribution is 2.29. The van der Waals surface area contributed by atoms with Crippen molar-refractivity contribution in [2.45, 2.75) is 25.6 Å². The van der Waals surface area contributed by atoms with Gasteiger partial charge >= 0.3 is 6.18 Å². The molecular weight excluding hydrogens is 310 g/mol. The zero-order chi connectivity index (χ0) is 17.0. The fourth-order valence-corrected chi connectivity index (χ4v) is 2.17. The van der Waals surface area contributed by atoms with E-state index < -0.39 is 17.6 Å². The van der Waals surface area contributed by atoms with Crippen LogP contribution in [0.4, 0.5) is 17.6 Å². The van der Waals surface area contributed by atoms with Crippen molar-refractivity contribution < 1.29 is 22.4 Å². The molecule has 0 saturated heterocycles. The molecule has 1 N–H and O–H groups in total. The monoisotopic (exact) mass is 325 g/mol. The number of hydrogen-bond donors (Lipinski definition) is 1. The van der Waals surface area contributed by atoms with Crippen molar-refractivity contribution in [3.8, 4) is 0 Å². The topological polar surface area (TPSA) is 29.1 Å². The van der Waals surface area contributed by atoms with E-state index in [1.807, 2.05) is 0 Å². The summed E-state index contributed by atoms with van der Waals surface area (Å²) in [6, 6.07) is 9.95. The fraction of sp³-hybridized carbons (Fsp3) is 0.235. The van der Waals surface area contributed by atoms with E-state index in [4.69, 9.17) is 0 Å². The molecule has 0 unspecified atom stereocenters. The molecule has 23 heavy (non-hydrogen) atoms. The summed E-state index contributed by atoms with van der Waals surface area (Å²) in [5.41, 5.74) is 0.210. The van der Waals surface area contributed by atoms with Gasteiger partial charge in [0.15, 0.2) is 0 Å². The van der Waals surface area contributed by atoms with Gasteiger partial charge in [-0.15, -0.1) is 0 Å². The molecule has 0 aliphatic heterocycles. The van der Waals surface area contributed by atoms with Gasteiger partial charge in [-0.3, -0.25) is 4.79 Å². The lowest BCUT2D eigenvalue weighted by atomic mass is 10.1. The number of halogens is 4. The molecule has 2 nitrogen and oxygen atoms in total. The second-order valence-electron chi connectivity index (χ2n) is 5.22. The number of carbonyl (C=O) groups is 1. The van der Waals surface area contributed by atoms with Crippen LogP contribution in [0.25, 0.3) is 0 Å². The SMILES string of the molecule is C[C@@H](NC(=O)Cc1cccc(C(F)(F)F)c1)c1ccc(F)cc1. The van der Waals surface area contributed by atoms with E-state index in [1.54, 1.807) is 19.1 Å². The van der Waals surface area contributed by atoms with Crippen LogP contribution >= 0.6 is 0 Å². The minimum Gasteiger partial charge on any atom is -0.349 e. The second-order valence-corrected chi connectivity index (χ2v) is 5.22. The van der Waals surface area contributed by atoms with Crippen LogP contribution in [0, 0.1) is 5.82 Å². The molecule has 2 aromatic rings. The first-order valence-corrected chi connectivity index (χ1v) is 6.96. The lowest BCUT2D eigenvalue weighted by Gasteiger charge is -2.15. The zero-order valence-electron chi connectivity index (χ0n) is 12.3. The number of nitrogens with one attached hydrogen (secondary N) is 1. The highest BCUT2D eigenvalue weighted by Gasteiger charge is 2.30. The van der Waals surface area contributed by atoms with Gasteiger partial charge in [0.2, 0.25) is 5.91 Å². The first kappa shape index (κ1) is 17.0. The van der Waals surface area contributed by atoms with Crippen LogP contribution in [0.2, 0.25) is 0 Å². The number of rotatable bonds is 4. The lowest BCUT2D eigenvalue weighted by Crippen LogP contribution is -2.28. The Balaban J connectivity index is 2.01. The van der Waals surface area contributed by atoms with E-state index in [9.17, 15) is 22.4 Å². The summed E-state index contributed by atoms with van der Waals surface area (Å²) in [5, 5.41) is 2.68. The molecule has 6 heteroatoms. The standard InChI is InChI=1S/C17H15F4NO/c1-11(13-5-7-15(18)8-6-13)22-16(23)10-12-3-2-4-14(9-12)17(19,20)21/h2-9,11H,10H2,1H3,(H,22,23)/t11-/m1/s1. The van der Waals surface area contributed by atoms with Crippen molar-refractivity contribution in [2.75, 3.05) is 0 Å². The van der Waals surface area contributed by atoms with Gasteiger partial charge in [0, 0.05) is 0 Å². The Morgan fingerprint density at radius 1 is 1.13 bits per heavy atom. The Bertz CT molecular complexity index is 680.